The summed E-state index contributed by atoms with van der Waals surface area (Å²) in [5.74, 6) is 0. The Hall–Kier alpha value is -1.65. The van der Waals surface area contributed by atoms with Gasteiger partial charge < -0.3 is 0 Å². The zero-order chi connectivity index (χ0) is 13.3. The smallest absolute Gasteiger partial charge is 0.228 e. The van der Waals surface area contributed by atoms with Crippen molar-refractivity contribution < 1.29 is 8.42 Å². The van der Waals surface area contributed by atoms with E-state index in [-0.39, 0.29) is 0 Å². The number of rotatable bonds is 2. The fraction of sp³-hybridized carbons (Fsp3) is 0.0909. The topological polar surface area (TPSA) is 75.8 Å². The molecule has 0 amide bonds. The van der Waals surface area contributed by atoms with Crippen molar-refractivity contribution in [2.75, 3.05) is 0 Å². The molecule has 5 nitrogen and oxygen atoms in total. The number of allylic oxidation sites excluding steroid dienone is 2. The first-order chi connectivity index (χ1) is 8.54. The summed E-state index contributed by atoms with van der Waals surface area (Å²) in [5.41, 5.74) is 1.92. The molecule has 0 spiro atoms. The Morgan fingerprint density at radius 1 is 1.61 bits per heavy atom. The molecule has 2 aromatic heterocycles. The quantitative estimate of drug-likeness (QED) is 0.521. The van der Waals surface area contributed by atoms with Crippen molar-refractivity contribution in [3.8, 4) is 6.07 Å². The summed E-state index contributed by atoms with van der Waals surface area (Å²) >= 11 is 3.20. The minimum atomic E-state index is -2.76. The third kappa shape index (κ3) is 2.17. The molecule has 0 bridgehead atoms. The van der Waals surface area contributed by atoms with E-state index in [4.69, 9.17) is 5.26 Å². The van der Waals surface area contributed by atoms with Crippen LogP contribution in [0.1, 0.15) is 12.5 Å². The van der Waals surface area contributed by atoms with E-state index in [1.807, 2.05) is 6.07 Å². The number of thiol groups is 1. The predicted molar refractivity (Wildman–Crippen MR) is 72.4 cm³/mol. The van der Waals surface area contributed by atoms with Crippen molar-refractivity contribution in [2.24, 2.45) is 0 Å². The standard InChI is InChI=1S/C11H8BrN3O2S/c1-7(2-3-13)9-6-15(18(16)17)10-4-11(12)14-5-8(9)10/h2,4-6,18H,1H3/b7-2+. The van der Waals surface area contributed by atoms with Crippen LogP contribution in [0.5, 0.6) is 0 Å². The largest absolute Gasteiger partial charge is 0.249 e. The Labute approximate surface area is 114 Å². The number of aromatic nitrogens is 2. The van der Waals surface area contributed by atoms with Crippen molar-refractivity contribution >= 4 is 43.3 Å². The lowest BCUT2D eigenvalue weighted by Gasteiger charge is -1.97. The van der Waals surface area contributed by atoms with Gasteiger partial charge in [-0.2, -0.15) is 5.26 Å². The first kappa shape index (κ1) is 12.8. The van der Waals surface area contributed by atoms with Crippen LogP contribution >= 0.6 is 15.9 Å². The van der Waals surface area contributed by atoms with E-state index in [0.29, 0.717) is 26.6 Å². The van der Waals surface area contributed by atoms with E-state index >= 15 is 0 Å². The molecule has 18 heavy (non-hydrogen) atoms. The fourth-order valence-corrected chi connectivity index (χ4v) is 2.57. The summed E-state index contributed by atoms with van der Waals surface area (Å²) in [6.07, 6.45) is 4.45. The van der Waals surface area contributed by atoms with Gasteiger partial charge in [0.05, 0.1) is 11.6 Å². The van der Waals surface area contributed by atoms with Crippen LogP contribution in [0.2, 0.25) is 0 Å². The van der Waals surface area contributed by atoms with Gasteiger partial charge in [0.25, 0.3) is 0 Å². The van der Waals surface area contributed by atoms with Gasteiger partial charge in [-0.15, -0.1) is 0 Å². The molecule has 92 valence electrons. The Kier molecular flexibility index (Phi) is 3.50. The second-order valence-corrected chi connectivity index (χ2v) is 5.32. The van der Waals surface area contributed by atoms with E-state index in [1.54, 1.807) is 19.2 Å². The highest BCUT2D eigenvalue weighted by atomic mass is 79.9. The zero-order valence-electron chi connectivity index (χ0n) is 9.29. The van der Waals surface area contributed by atoms with E-state index in [9.17, 15) is 8.42 Å². The van der Waals surface area contributed by atoms with Crippen LogP contribution in [0, 0.1) is 11.3 Å². The maximum atomic E-state index is 11.2. The molecular formula is C11H8BrN3O2S. The SMILES string of the molecule is C/C(=C\C#N)c1cn([SH](=O)=O)c2cc(Br)ncc12. The lowest BCUT2D eigenvalue weighted by molar-refractivity contribution is 0.608. The maximum Gasteiger partial charge on any atom is 0.228 e. The van der Waals surface area contributed by atoms with Crippen molar-refractivity contribution in [2.45, 2.75) is 6.92 Å². The molecule has 2 heterocycles. The Balaban J connectivity index is 2.86. The molecule has 0 N–H and O–H groups in total. The number of nitriles is 1. The van der Waals surface area contributed by atoms with Gasteiger partial charge in [0.1, 0.15) is 4.60 Å². The van der Waals surface area contributed by atoms with E-state index in [0.717, 1.165) is 3.97 Å². The average molecular weight is 326 g/mol. The monoisotopic (exact) mass is 325 g/mol. The fourth-order valence-electron chi connectivity index (χ4n) is 1.70. The second kappa shape index (κ2) is 4.92. The third-order valence-electron chi connectivity index (χ3n) is 2.52. The van der Waals surface area contributed by atoms with Gasteiger partial charge in [-0.3, -0.25) is 0 Å². The highest BCUT2D eigenvalue weighted by molar-refractivity contribution is 9.10. The van der Waals surface area contributed by atoms with E-state index in [2.05, 4.69) is 20.9 Å². The summed E-state index contributed by atoms with van der Waals surface area (Å²) in [6.45, 7) is 1.75. The number of hydrogen-bond acceptors (Lipinski definition) is 4. The normalized spacial score (nSPS) is 12.0. The van der Waals surface area contributed by atoms with Gasteiger partial charge >= 0.3 is 0 Å². The lowest BCUT2D eigenvalue weighted by atomic mass is 10.1. The van der Waals surface area contributed by atoms with Gasteiger partial charge in [0, 0.05) is 29.4 Å². The molecule has 0 unspecified atom stereocenters. The first-order valence-corrected chi connectivity index (χ1v) is 6.85. The Morgan fingerprint density at radius 3 is 2.94 bits per heavy atom. The molecular weight excluding hydrogens is 318 g/mol. The van der Waals surface area contributed by atoms with Crippen LogP contribution in [-0.2, 0) is 10.9 Å². The van der Waals surface area contributed by atoms with Gasteiger partial charge in [-0.05, 0) is 34.5 Å². The molecule has 0 saturated heterocycles. The van der Waals surface area contributed by atoms with Crippen molar-refractivity contribution in [1.82, 2.24) is 8.96 Å². The van der Waals surface area contributed by atoms with Crippen molar-refractivity contribution in [3.63, 3.8) is 0 Å². The first-order valence-electron chi connectivity index (χ1n) is 4.92. The highest BCUT2D eigenvalue weighted by Crippen LogP contribution is 2.28. The number of pyridine rings is 1. The Bertz CT molecular complexity index is 760. The van der Waals surface area contributed by atoms with E-state index in [1.165, 1.54) is 12.3 Å². The van der Waals surface area contributed by atoms with Gasteiger partial charge in [0.15, 0.2) is 0 Å². The number of halogens is 1. The molecule has 0 atom stereocenters. The molecule has 2 aromatic rings. The zero-order valence-corrected chi connectivity index (χ0v) is 11.8. The minimum Gasteiger partial charge on any atom is -0.249 e. The third-order valence-corrected chi connectivity index (χ3v) is 3.64. The van der Waals surface area contributed by atoms with Crippen LogP contribution in [0.3, 0.4) is 0 Å². The number of hydrogen-bond donors (Lipinski definition) is 1. The summed E-state index contributed by atoms with van der Waals surface area (Å²) in [6, 6.07) is 3.56. The molecule has 7 heteroatoms. The lowest BCUT2D eigenvalue weighted by Crippen LogP contribution is -1.92. The van der Waals surface area contributed by atoms with E-state index < -0.39 is 10.9 Å². The molecule has 0 aliphatic heterocycles. The number of fused-ring (bicyclic) bond motifs is 1. The van der Waals surface area contributed by atoms with Crippen LogP contribution in [-0.4, -0.2) is 17.4 Å². The van der Waals surface area contributed by atoms with Crippen molar-refractivity contribution in [1.29, 1.82) is 5.26 Å². The average Bonchev–Trinajstić information content (AvgIpc) is 2.68. The molecule has 0 aliphatic carbocycles. The van der Waals surface area contributed by atoms with Crippen LogP contribution in [0.15, 0.2) is 29.1 Å². The second-order valence-electron chi connectivity index (χ2n) is 3.61. The molecule has 0 aliphatic rings. The molecule has 0 saturated carbocycles. The summed E-state index contributed by atoms with van der Waals surface area (Å²) in [4.78, 5) is 4.08. The minimum absolute atomic E-state index is 0.536. The van der Waals surface area contributed by atoms with Crippen LogP contribution in [0.4, 0.5) is 0 Å². The van der Waals surface area contributed by atoms with Crippen LogP contribution in [0.25, 0.3) is 16.5 Å². The number of nitrogens with zero attached hydrogens (tertiary/aromatic N) is 3. The van der Waals surface area contributed by atoms with Gasteiger partial charge in [-0.25, -0.2) is 17.4 Å². The molecule has 2 rings (SSSR count). The van der Waals surface area contributed by atoms with Crippen molar-refractivity contribution in [3.05, 3.63) is 34.7 Å². The Morgan fingerprint density at radius 2 is 2.33 bits per heavy atom. The molecule has 0 aromatic carbocycles. The molecule has 0 fully saturated rings. The summed E-state index contributed by atoms with van der Waals surface area (Å²) in [7, 11) is -2.76. The van der Waals surface area contributed by atoms with Gasteiger partial charge in [0.2, 0.25) is 10.9 Å². The highest BCUT2D eigenvalue weighted by Gasteiger charge is 2.12. The van der Waals surface area contributed by atoms with Crippen LogP contribution < -0.4 is 0 Å². The summed E-state index contributed by atoms with van der Waals surface area (Å²) in [5, 5.41) is 9.35. The maximum absolute atomic E-state index is 11.2. The summed E-state index contributed by atoms with van der Waals surface area (Å²) < 4.78 is 24.1. The van der Waals surface area contributed by atoms with Gasteiger partial charge in [-0.1, -0.05) is 0 Å². The predicted octanol–water partition coefficient (Wildman–Crippen LogP) is 2.10. The molecule has 0 radical (unpaired) electrons.